The largest absolute Gasteiger partial charge is 0.487 e. The number of aldehydes is 1. The minimum absolute atomic E-state index is 0.0788. The van der Waals surface area contributed by atoms with E-state index in [4.69, 9.17) is 4.74 Å². The number of nitro groups is 1. The third-order valence-corrected chi connectivity index (χ3v) is 4.57. The van der Waals surface area contributed by atoms with E-state index in [-0.39, 0.29) is 35.9 Å². The first-order valence-corrected chi connectivity index (χ1v) is 9.07. The Labute approximate surface area is 164 Å². The van der Waals surface area contributed by atoms with Gasteiger partial charge in [-0.2, -0.15) is 0 Å². The van der Waals surface area contributed by atoms with Gasteiger partial charge in [0.05, 0.1) is 22.6 Å². The Morgan fingerprint density at radius 2 is 2.04 bits per heavy atom. The number of amides is 1. The lowest BCUT2D eigenvalue weighted by atomic mass is 10.2. The molecule has 0 saturated heterocycles. The molecule has 142 valence electrons. The number of hydrogen-bond acceptors (Lipinski definition) is 7. The van der Waals surface area contributed by atoms with Crippen molar-refractivity contribution in [2.45, 2.75) is 13.0 Å². The molecule has 0 aliphatic rings. The highest BCUT2D eigenvalue weighted by molar-refractivity contribution is 7.09. The van der Waals surface area contributed by atoms with Gasteiger partial charge in [0.25, 0.3) is 5.69 Å². The molecule has 3 aromatic rings. The molecule has 0 bridgehead atoms. The number of aromatic nitrogens is 1. The van der Waals surface area contributed by atoms with Crippen molar-refractivity contribution in [2.75, 3.05) is 5.32 Å². The summed E-state index contributed by atoms with van der Waals surface area (Å²) in [6, 6.07) is 12.9. The van der Waals surface area contributed by atoms with E-state index in [1.165, 1.54) is 23.5 Å². The van der Waals surface area contributed by atoms with E-state index in [2.05, 4.69) is 10.3 Å². The fourth-order valence-electron chi connectivity index (χ4n) is 2.39. The maximum Gasteiger partial charge on any atom is 0.270 e. The summed E-state index contributed by atoms with van der Waals surface area (Å²) < 4.78 is 5.55. The predicted octanol–water partition coefficient (Wildman–Crippen LogP) is 3.62. The zero-order chi connectivity index (χ0) is 19.9. The Balaban J connectivity index is 1.58. The van der Waals surface area contributed by atoms with E-state index in [0.29, 0.717) is 22.7 Å². The minimum atomic E-state index is -0.579. The van der Waals surface area contributed by atoms with Gasteiger partial charge in [0.2, 0.25) is 5.91 Å². The first kappa shape index (κ1) is 19.2. The molecule has 0 aliphatic heterocycles. The minimum Gasteiger partial charge on any atom is -0.487 e. The number of carbonyl (C=O) groups is 2. The van der Waals surface area contributed by atoms with Gasteiger partial charge in [0, 0.05) is 23.2 Å². The Hall–Kier alpha value is -3.59. The lowest BCUT2D eigenvalue weighted by Crippen LogP contribution is -2.14. The van der Waals surface area contributed by atoms with Crippen LogP contribution < -0.4 is 10.1 Å². The van der Waals surface area contributed by atoms with Gasteiger partial charge in [0.15, 0.2) is 6.29 Å². The van der Waals surface area contributed by atoms with Crippen LogP contribution in [0.5, 0.6) is 5.75 Å². The van der Waals surface area contributed by atoms with Gasteiger partial charge in [-0.1, -0.05) is 18.2 Å². The number of para-hydroxylation sites is 1. The molecule has 1 N–H and O–H groups in total. The number of hydrogen-bond donors (Lipinski definition) is 1. The average molecular weight is 397 g/mol. The lowest BCUT2D eigenvalue weighted by molar-refractivity contribution is -0.384. The SMILES string of the molecule is O=Cc1cc([N+](=O)[O-])ccc1OCc1csc(CC(=O)Nc2ccccc2)n1. The highest BCUT2D eigenvalue weighted by Gasteiger charge is 2.13. The van der Waals surface area contributed by atoms with Crippen molar-refractivity contribution in [1.29, 1.82) is 0 Å². The highest BCUT2D eigenvalue weighted by Crippen LogP contribution is 2.24. The van der Waals surface area contributed by atoms with Gasteiger partial charge in [-0.15, -0.1) is 11.3 Å². The van der Waals surface area contributed by atoms with Gasteiger partial charge < -0.3 is 10.1 Å². The van der Waals surface area contributed by atoms with Crippen LogP contribution in [-0.2, 0) is 17.8 Å². The number of non-ortho nitro benzene ring substituents is 1. The number of nitrogens with one attached hydrogen (secondary N) is 1. The summed E-state index contributed by atoms with van der Waals surface area (Å²) in [5.74, 6) is 0.0589. The summed E-state index contributed by atoms with van der Waals surface area (Å²) in [6.07, 6.45) is 0.638. The molecule has 0 saturated carbocycles. The van der Waals surface area contributed by atoms with E-state index in [9.17, 15) is 19.7 Å². The quantitative estimate of drug-likeness (QED) is 0.353. The van der Waals surface area contributed by atoms with Gasteiger partial charge in [0.1, 0.15) is 17.4 Å². The second-order valence-electron chi connectivity index (χ2n) is 5.71. The predicted molar refractivity (Wildman–Crippen MR) is 104 cm³/mol. The summed E-state index contributed by atoms with van der Waals surface area (Å²) >= 11 is 1.33. The first-order chi connectivity index (χ1) is 13.5. The van der Waals surface area contributed by atoms with Crippen LogP contribution >= 0.6 is 11.3 Å². The topological polar surface area (TPSA) is 111 Å². The molecule has 0 unspecified atom stereocenters. The van der Waals surface area contributed by atoms with Crippen molar-refractivity contribution < 1.29 is 19.2 Å². The maximum absolute atomic E-state index is 12.1. The van der Waals surface area contributed by atoms with Gasteiger partial charge >= 0.3 is 0 Å². The Bertz CT molecular complexity index is 1000. The van der Waals surface area contributed by atoms with Crippen LogP contribution in [0, 0.1) is 10.1 Å². The van der Waals surface area contributed by atoms with Crippen molar-refractivity contribution in [3.63, 3.8) is 0 Å². The second kappa shape index (κ2) is 8.87. The van der Waals surface area contributed by atoms with Crippen LogP contribution in [0.2, 0.25) is 0 Å². The van der Waals surface area contributed by atoms with Gasteiger partial charge in [-0.25, -0.2) is 4.98 Å². The van der Waals surface area contributed by atoms with E-state index >= 15 is 0 Å². The van der Waals surface area contributed by atoms with Crippen LogP contribution in [0.1, 0.15) is 21.1 Å². The number of nitro benzene ring substituents is 1. The molecule has 0 fully saturated rings. The molecule has 1 amide bonds. The average Bonchev–Trinajstić information content (AvgIpc) is 3.14. The van der Waals surface area contributed by atoms with Crippen molar-refractivity contribution in [1.82, 2.24) is 4.98 Å². The van der Waals surface area contributed by atoms with Crippen LogP contribution in [0.4, 0.5) is 11.4 Å². The number of rotatable bonds is 8. The molecule has 2 aromatic carbocycles. The highest BCUT2D eigenvalue weighted by atomic mass is 32.1. The van der Waals surface area contributed by atoms with E-state index in [1.807, 2.05) is 18.2 Å². The number of ether oxygens (including phenoxy) is 1. The number of nitrogens with zero attached hydrogens (tertiary/aromatic N) is 2. The molecular weight excluding hydrogens is 382 g/mol. The van der Waals surface area contributed by atoms with Crippen molar-refractivity contribution in [2.24, 2.45) is 0 Å². The van der Waals surface area contributed by atoms with Crippen LogP contribution in [0.25, 0.3) is 0 Å². The van der Waals surface area contributed by atoms with Crippen LogP contribution in [0.3, 0.4) is 0 Å². The molecule has 0 spiro atoms. The molecular formula is C19H15N3O5S. The summed E-state index contributed by atoms with van der Waals surface area (Å²) in [5, 5.41) is 16.0. The molecule has 9 heteroatoms. The van der Waals surface area contributed by atoms with Crippen molar-refractivity contribution >= 4 is 34.9 Å². The maximum atomic E-state index is 12.1. The number of anilines is 1. The molecule has 8 nitrogen and oxygen atoms in total. The zero-order valence-corrected chi connectivity index (χ0v) is 15.3. The van der Waals surface area contributed by atoms with Crippen molar-refractivity contribution in [3.05, 3.63) is 80.3 Å². The fourth-order valence-corrected chi connectivity index (χ4v) is 3.16. The third-order valence-electron chi connectivity index (χ3n) is 3.68. The Morgan fingerprint density at radius 1 is 1.25 bits per heavy atom. The summed E-state index contributed by atoms with van der Waals surface area (Å²) in [4.78, 5) is 37.7. The monoisotopic (exact) mass is 397 g/mol. The molecule has 1 aromatic heterocycles. The van der Waals surface area contributed by atoms with Crippen LogP contribution in [-0.4, -0.2) is 22.1 Å². The van der Waals surface area contributed by atoms with E-state index in [0.717, 1.165) is 6.07 Å². The molecule has 1 heterocycles. The third kappa shape index (κ3) is 4.98. The molecule has 0 atom stereocenters. The molecule has 3 rings (SSSR count). The summed E-state index contributed by atoms with van der Waals surface area (Å²) in [6.45, 7) is 0.0788. The molecule has 0 aliphatic carbocycles. The Morgan fingerprint density at radius 3 is 2.75 bits per heavy atom. The van der Waals surface area contributed by atoms with Gasteiger partial charge in [-0.3, -0.25) is 19.7 Å². The fraction of sp³-hybridized carbons (Fsp3) is 0.105. The molecule has 28 heavy (non-hydrogen) atoms. The van der Waals surface area contributed by atoms with Crippen molar-refractivity contribution in [3.8, 4) is 5.75 Å². The number of carbonyl (C=O) groups excluding carboxylic acids is 2. The van der Waals surface area contributed by atoms with Crippen LogP contribution in [0.15, 0.2) is 53.9 Å². The Kier molecular flexibility index (Phi) is 6.07. The van der Waals surface area contributed by atoms with E-state index < -0.39 is 4.92 Å². The van der Waals surface area contributed by atoms with E-state index in [1.54, 1.807) is 17.5 Å². The number of benzene rings is 2. The van der Waals surface area contributed by atoms with Gasteiger partial charge in [-0.05, 0) is 18.2 Å². The zero-order valence-electron chi connectivity index (χ0n) is 14.5. The normalized spacial score (nSPS) is 10.3. The summed E-state index contributed by atoms with van der Waals surface area (Å²) in [5.41, 5.74) is 1.22. The standard InChI is InChI=1S/C19H15N3O5S/c23-10-13-8-16(22(25)26)6-7-17(13)27-11-15-12-28-19(21-15)9-18(24)20-14-4-2-1-3-5-14/h1-8,10,12H,9,11H2,(H,20,24). The lowest BCUT2D eigenvalue weighted by Gasteiger charge is -2.06. The summed E-state index contributed by atoms with van der Waals surface area (Å²) in [7, 11) is 0. The smallest absolute Gasteiger partial charge is 0.270 e. The number of thiazole rings is 1. The second-order valence-corrected chi connectivity index (χ2v) is 6.65. The first-order valence-electron chi connectivity index (χ1n) is 8.20. The molecule has 0 radical (unpaired) electrons.